The quantitative estimate of drug-likeness (QED) is 0.334. The third kappa shape index (κ3) is 25.3. The lowest BCUT2D eigenvalue weighted by atomic mass is 9.99. The highest BCUT2D eigenvalue weighted by atomic mass is 32.2. The zero-order valence-electron chi connectivity index (χ0n) is 22.3. The number of nitrogens with zero attached hydrogens (tertiary/aromatic N) is 1. The molecular formula is C26H55NO2S. The van der Waals surface area contributed by atoms with Crippen LogP contribution in [0.3, 0.4) is 0 Å². The smallest absolute Gasteiger partial charge is 0.152 e. The maximum absolute atomic E-state index is 11.4. The lowest BCUT2D eigenvalue weighted by Gasteiger charge is -2.27. The predicted octanol–water partition coefficient (Wildman–Crippen LogP) is 7.81. The second-order valence-corrected chi connectivity index (χ2v) is 9.18. The van der Waals surface area contributed by atoms with E-state index in [1.165, 1.54) is 24.6 Å². The Morgan fingerprint density at radius 3 is 1.77 bits per heavy atom. The van der Waals surface area contributed by atoms with Crippen LogP contribution in [0.5, 0.6) is 0 Å². The van der Waals surface area contributed by atoms with Crippen molar-refractivity contribution in [2.45, 2.75) is 101 Å². The molecule has 0 spiro atoms. The average Bonchev–Trinajstić information content (AvgIpc) is 3.10. The molecule has 0 aromatic rings. The standard InChI is InChI=1S/C11H19NO.C5H12.C5H10.C3H8.C2H6OS/c1-5-9(3)12-7-6-8(2)11(12)10(4)13;2*1-4-5(2)3;1-3-2;1-4-2-3/h8,11H,3,5-7H2,1-2,4H3;5H,4H2,1-3H3;4-5H,1H2,2-3H3;3H2,1-2H3;3H,2H2,1H3/t8-,11?;;;;/m0..../s1. The SMILES string of the molecule is C=C(CC)N1CC[C@H](C)C1C(C)=O.C=CC(C)C.CCC.CCC(C)C.CSCO. The van der Waals surface area contributed by atoms with E-state index in [1.807, 2.05) is 12.3 Å². The molecule has 0 bridgehead atoms. The lowest BCUT2D eigenvalue weighted by Crippen LogP contribution is -2.36. The molecule has 1 saturated heterocycles. The van der Waals surface area contributed by atoms with Crippen LogP contribution in [0.15, 0.2) is 24.9 Å². The number of allylic oxidation sites excluding steroid dienone is 2. The Labute approximate surface area is 194 Å². The molecular weight excluding hydrogens is 390 g/mol. The van der Waals surface area contributed by atoms with E-state index in [0.29, 0.717) is 11.8 Å². The Bertz CT molecular complexity index is 392. The first-order valence-corrected chi connectivity index (χ1v) is 13.0. The Morgan fingerprint density at radius 2 is 1.57 bits per heavy atom. The van der Waals surface area contributed by atoms with E-state index in [2.05, 4.69) is 80.4 Å². The van der Waals surface area contributed by atoms with Gasteiger partial charge in [0.25, 0.3) is 0 Å². The van der Waals surface area contributed by atoms with Crippen LogP contribution >= 0.6 is 11.8 Å². The van der Waals surface area contributed by atoms with Gasteiger partial charge in [-0.15, -0.1) is 18.3 Å². The van der Waals surface area contributed by atoms with Crippen molar-refractivity contribution in [3.8, 4) is 0 Å². The Kier molecular flexibility index (Phi) is 32.1. The molecule has 0 saturated carbocycles. The number of ketones is 1. The van der Waals surface area contributed by atoms with Gasteiger partial charge in [-0.25, -0.2) is 0 Å². The number of aliphatic hydroxyl groups is 1. The number of thioether (sulfide) groups is 1. The summed E-state index contributed by atoms with van der Waals surface area (Å²) in [6.45, 7) is 29.6. The van der Waals surface area contributed by atoms with Gasteiger partial charge in [-0.2, -0.15) is 0 Å². The minimum atomic E-state index is 0.0902. The Balaban J connectivity index is -0.000000166. The van der Waals surface area contributed by atoms with Gasteiger partial charge in [0.15, 0.2) is 5.78 Å². The molecule has 0 radical (unpaired) electrons. The molecule has 4 heteroatoms. The lowest BCUT2D eigenvalue weighted by molar-refractivity contribution is -0.121. The summed E-state index contributed by atoms with van der Waals surface area (Å²) in [6, 6.07) is 0.0902. The normalized spacial score (nSPS) is 16.7. The van der Waals surface area contributed by atoms with Crippen LogP contribution < -0.4 is 0 Å². The first-order valence-electron chi connectivity index (χ1n) is 11.6. The summed E-state index contributed by atoms with van der Waals surface area (Å²) >= 11 is 1.41. The van der Waals surface area contributed by atoms with Gasteiger partial charge in [0, 0.05) is 12.2 Å². The molecule has 1 heterocycles. The summed E-state index contributed by atoms with van der Waals surface area (Å²) in [5.41, 5.74) is 1.10. The summed E-state index contributed by atoms with van der Waals surface area (Å²) in [4.78, 5) is 13.6. The molecule has 0 aromatic heterocycles. The van der Waals surface area contributed by atoms with Crippen molar-refractivity contribution in [3.05, 3.63) is 24.9 Å². The van der Waals surface area contributed by atoms with Gasteiger partial charge in [-0.1, -0.05) is 87.8 Å². The van der Waals surface area contributed by atoms with E-state index < -0.39 is 0 Å². The summed E-state index contributed by atoms with van der Waals surface area (Å²) in [5, 5.41) is 7.84. The maximum atomic E-state index is 11.4. The van der Waals surface area contributed by atoms with Crippen molar-refractivity contribution in [3.63, 3.8) is 0 Å². The van der Waals surface area contributed by atoms with E-state index >= 15 is 0 Å². The van der Waals surface area contributed by atoms with E-state index in [-0.39, 0.29) is 17.8 Å². The number of hydrogen-bond acceptors (Lipinski definition) is 4. The minimum Gasteiger partial charge on any atom is -0.386 e. The summed E-state index contributed by atoms with van der Waals surface area (Å²) in [6.07, 6.45) is 8.37. The van der Waals surface area contributed by atoms with Crippen LogP contribution in [0.2, 0.25) is 0 Å². The molecule has 0 amide bonds. The molecule has 1 rings (SSSR count). The summed E-state index contributed by atoms with van der Waals surface area (Å²) < 4.78 is 0. The topological polar surface area (TPSA) is 40.5 Å². The molecule has 1 fully saturated rings. The Morgan fingerprint density at radius 1 is 1.20 bits per heavy atom. The zero-order valence-corrected chi connectivity index (χ0v) is 23.1. The Hall–Kier alpha value is -0.740. The number of aliphatic hydroxyl groups excluding tert-OH is 1. The number of carbonyl (C=O) groups is 1. The van der Waals surface area contributed by atoms with Gasteiger partial charge in [0.1, 0.15) is 0 Å². The maximum Gasteiger partial charge on any atom is 0.152 e. The second kappa shape index (κ2) is 26.3. The number of hydrogen-bond donors (Lipinski definition) is 1. The average molecular weight is 446 g/mol. The zero-order chi connectivity index (χ0) is 24.7. The molecule has 2 atom stereocenters. The van der Waals surface area contributed by atoms with Gasteiger partial charge in [0.05, 0.1) is 12.0 Å². The van der Waals surface area contributed by atoms with Crippen molar-refractivity contribution in [1.29, 1.82) is 0 Å². The van der Waals surface area contributed by atoms with Gasteiger partial charge in [-0.3, -0.25) is 4.79 Å². The molecule has 1 N–H and O–H groups in total. The highest BCUT2D eigenvalue weighted by Gasteiger charge is 2.34. The van der Waals surface area contributed by atoms with Crippen LogP contribution in [0.4, 0.5) is 0 Å². The fourth-order valence-corrected chi connectivity index (χ4v) is 2.12. The van der Waals surface area contributed by atoms with Crippen LogP contribution in [0.1, 0.15) is 94.9 Å². The molecule has 182 valence electrons. The number of carbonyl (C=O) groups excluding carboxylic acids is 1. The first kappa shape index (κ1) is 36.6. The van der Waals surface area contributed by atoms with E-state index in [4.69, 9.17) is 5.11 Å². The third-order valence-corrected chi connectivity index (χ3v) is 4.61. The van der Waals surface area contributed by atoms with Crippen LogP contribution in [-0.4, -0.2) is 40.6 Å². The molecule has 0 aliphatic carbocycles. The fraction of sp³-hybridized carbons (Fsp3) is 0.808. The van der Waals surface area contributed by atoms with E-state index in [9.17, 15) is 4.79 Å². The number of rotatable bonds is 6. The van der Waals surface area contributed by atoms with Crippen LogP contribution in [-0.2, 0) is 4.79 Å². The number of Topliss-reactive ketones (excluding diaryl/α,β-unsaturated/α-hetero) is 1. The monoisotopic (exact) mass is 445 g/mol. The van der Waals surface area contributed by atoms with E-state index in [0.717, 1.165) is 31.0 Å². The van der Waals surface area contributed by atoms with Gasteiger partial charge >= 0.3 is 0 Å². The molecule has 1 aliphatic rings. The van der Waals surface area contributed by atoms with Crippen LogP contribution in [0.25, 0.3) is 0 Å². The first-order chi connectivity index (χ1) is 13.9. The molecule has 1 unspecified atom stereocenters. The van der Waals surface area contributed by atoms with Gasteiger partial charge in [-0.05, 0) is 43.8 Å². The van der Waals surface area contributed by atoms with Crippen molar-refractivity contribution in [2.24, 2.45) is 17.8 Å². The third-order valence-electron chi connectivity index (χ3n) is 4.35. The fourth-order valence-electron chi connectivity index (χ4n) is 2.12. The molecule has 30 heavy (non-hydrogen) atoms. The second-order valence-electron chi connectivity index (χ2n) is 8.34. The molecule has 1 aliphatic heterocycles. The van der Waals surface area contributed by atoms with Gasteiger partial charge < -0.3 is 10.0 Å². The van der Waals surface area contributed by atoms with Crippen LogP contribution in [0, 0.1) is 17.8 Å². The highest BCUT2D eigenvalue weighted by Crippen LogP contribution is 2.28. The predicted molar refractivity (Wildman–Crippen MR) is 141 cm³/mol. The summed E-state index contributed by atoms with van der Waals surface area (Å²) in [5.74, 6) is 2.53. The van der Waals surface area contributed by atoms with Crippen molar-refractivity contribution in [1.82, 2.24) is 4.90 Å². The molecule has 0 aromatic carbocycles. The van der Waals surface area contributed by atoms with E-state index in [1.54, 1.807) is 6.92 Å². The molecule has 3 nitrogen and oxygen atoms in total. The summed E-state index contributed by atoms with van der Waals surface area (Å²) in [7, 11) is 0. The largest absolute Gasteiger partial charge is 0.386 e. The number of likely N-dealkylation sites (tertiary alicyclic amines) is 1. The van der Waals surface area contributed by atoms with Crippen molar-refractivity contribution < 1.29 is 9.90 Å². The van der Waals surface area contributed by atoms with Gasteiger partial charge in [0.2, 0.25) is 0 Å². The highest BCUT2D eigenvalue weighted by molar-refractivity contribution is 7.98. The van der Waals surface area contributed by atoms with Crippen molar-refractivity contribution >= 4 is 17.5 Å². The minimum absolute atomic E-state index is 0.0902. The van der Waals surface area contributed by atoms with Crippen molar-refractivity contribution in [2.75, 3.05) is 18.7 Å².